The van der Waals surface area contributed by atoms with Crippen molar-refractivity contribution >= 4 is 0 Å². The molecule has 2 heterocycles. The fraction of sp³-hybridized carbons (Fsp3) is 0.556. The Balaban J connectivity index is 1.54. The minimum Gasteiger partial charge on any atom is -0.338 e. The van der Waals surface area contributed by atoms with Crippen LogP contribution in [0.4, 0.5) is 0 Å². The summed E-state index contributed by atoms with van der Waals surface area (Å²) in [6, 6.07) is 10.9. The van der Waals surface area contributed by atoms with Gasteiger partial charge in [-0.3, -0.25) is 4.90 Å². The van der Waals surface area contributed by atoms with Gasteiger partial charge in [-0.25, -0.2) is 0 Å². The van der Waals surface area contributed by atoms with Gasteiger partial charge >= 0.3 is 0 Å². The van der Waals surface area contributed by atoms with Crippen LogP contribution in [0, 0.1) is 0 Å². The maximum atomic E-state index is 5.54. The number of hydrogen-bond acceptors (Lipinski definition) is 4. The van der Waals surface area contributed by atoms with Crippen molar-refractivity contribution in [1.29, 1.82) is 0 Å². The molecule has 1 atom stereocenters. The van der Waals surface area contributed by atoms with E-state index in [0.717, 1.165) is 50.5 Å². The molecule has 0 spiro atoms. The number of aryl methyl sites for hydroxylation is 2. The van der Waals surface area contributed by atoms with Gasteiger partial charge in [-0.2, -0.15) is 4.98 Å². The van der Waals surface area contributed by atoms with Crippen molar-refractivity contribution in [3.05, 3.63) is 47.6 Å². The van der Waals surface area contributed by atoms with Gasteiger partial charge in [0.25, 0.3) is 0 Å². The highest BCUT2D eigenvalue weighted by Crippen LogP contribution is 2.29. The van der Waals surface area contributed by atoms with Gasteiger partial charge in [0.1, 0.15) is 0 Å². The lowest BCUT2D eigenvalue weighted by atomic mass is 10.0. The van der Waals surface area contributed by atoms with Crippen LogP contribution < -0.4 is 0 Å². The average Bonchev–Trinajstić information content (AvgIpc) is 3.04. The maximum absolute atomic E-state index is 5.54. The van der Waals surface area contributed by atoms with Crippen molar-refractivity contribution in [1.82, 2.24) is 15.0 Å². The third kappa shape index (κ3) is 3.74. The molecule has 4 nitrogen and oxygen atoms in total. The van der Waals surface area contributed by atoms with Crippen molar-refractivity contribution in [2.24, 2.45) is 0 Å². The first-order valence-corrected chi connectivity index (χ1v) is 8.47. The first kappa shape index (κ1) is 15.2. The van der Waals surface area contributed by atoms with E-state index in [-0.39, 0.29) is 0 Å². The van der Waals surface area contributed by atoms with E-state index >= 15 is 0 Å². The molecule has 1 aromatic heterocycles. The molecule has 118 valence electrons. The van der Waals surface area contributed by atoms with Crippen LogP contribution in [0.25, 0.3) is 0 Å². The lowest BCUT2D eigenvalue weighted by Crippen LogP contribution is -2.33. The van der Waals surface area contributed by atoms with Crippen molar-refractivity contribution in [2.45, 2.75) is 51.5 Å². The second kappa shape index (κ2) is 7.54. The van der Waals surface area contributed by atoms with Crippen LogP contribution in [-0.2, 0) is 12.8 Å². The predicted octanol–water partition coefficient (Wildman–Crippen LogP) is 3.79. The van der Waals surface area contributed by atoms with Gasteiger partial charge in [0.15, 0.2) is 5.82 Å². The van der Waals surface area contributed by atoms with Gasteiger partial charge in [0.05, 0.1) is 6.04 Å². The Hall–Kier alpha value is -1.68. The summed E-state index contributed by atoms with van der Waals surface area (Å²) in [5, 5.41) is 4.18. The smallest absolute Gasteiger partial charge is 0.243 e. The molecule has 1 aliphatic heterocycles. The first-order chi connectivity index (χ1) is 10.9. The van der Waals surface area contributed by atoms with Gasteiger partial charge in [-0.05, 0) is 44.3 Å². The fourth-order valence-electron chi connectivity index (χ4n) is 3.25. The molecule has 0 N–H and O–H groups in total. The number of aromatic nitrogens is 2. The number of piperidine rings is 1. The zero-order valence-electron chi connectivity index (χ0n) is 13.4. The van der Waals surface area contributed by atoms with Crippen LogP contribution in [0.1, 0.15) is 55.9 Å². The third-order valence-corrected chi connectivity index (χ3v) is 4.50. The van der Waals surface area contributed by atoms with E-state index in [9.17, 15) is 0 Å². The lowest BCUT2D eigenvalue weighted by molar-refractivity contribution is 0.125. The molecule has 0 bridgehead atoms. The van der Waals surface area contributed by atoms with Crippen LogP contribution in [0.2, 0.25) is 0 Å². The molecule has 22 heavy (non-hydrogen) atoms. The summed E-state index contributed by atoms with van der Waals surface area (Å²) in [7, 11) is 0. The van der Waals surface area contributed by atoms with Crippen LogP contribution in [-0.4, -0.2) is 28.1 Å². The van der Waals surface area contributed by atoms with Gasteiger partial charge < -0.3 is 4.52 Å². The summed E-state index contributed by atoms with van der Waals surface area (Å²) in [5.41, 5.74) is 1.37. The number of rotatable bonds is 6. The summed E-state index contributed by atoms with van der Waals surface area (Å²) in [5.74, 6) is 1.67. The quantitative estimate of drug-likeness (QED) is 0.814. The molecule has 2 aromatic rings. The average molecular weight is 299 g/mol. The molecule has 0 saturated carbocycles. The second-order valence-corrected chi connectivity index (χ2v) is 6.03. The number of nitrogens with zero attached hydrogens (tertiary/aromatic N) is 3. The van der Waals surface area contributed by atoms with Gasteiger partial charge in [0.2, 0.25) is 5.89 Å². The van der Waals surface area contributed by atoms with E-state index in [4.69, 9.17) is 4.52 Å². The molecule has 0 radical (unpaired) electrons. The Morgan fingerprint density at radius 3 is 2.86 bits per heavy atom. The third-order valence-electron chi connectivity index (χ3n) is 4.50. The molecule has 1 aromatic carbocycles. The topological polar surface area (TPSA) is 42.2 Å². The molecular weight excluding hydrogens is 274 g/mol. The van der Waals surface area contributed by atoms with Crippen molar-refractivity contribution in [3.8, 4) is 0 Å². The van der Waals surface area contributed by atoms with E-state index in [1.54, 1.807) is 0 Å². The summed E-state index contributed by atoms with van der Waals surface area (Å²) >= 11 is 0. The van der Waals surface area contributed by atoms with E-state index in [0.29, 0.717) is 6.04 Å². The molecule has 0 unspecified atom stereocenters. The van der Waals surface area contributed by atoms with Gasteiger partial charge in [0, 0.05) is 6.42 Å². The first-order valence-electron chi connectivity index (χ1n) is 8.47. The normalized spacial score (nSPS) is 19.4. The minimum atomic E-state index is 0.328. The van der Waals surface area contributed by atoms with Crippen molar-refractivity contribution < 1.29 is 4.52 Å². The van der Waals surface area contributed by atoms with Crippen molar-refractivity contribution in [3.63, 3.8) is 0 Å². The Labute approximate surface area is 132 Å². The number of hydrogen-bond donors (Lipinski definition) is 0. The van der Waals surface area contributed by atoms with Crippen LogP contribution in [0.15, 0.2) is 34.9 Å². The predicted molar refractivity (Wildman–Crippen MR) is 86.6 cm³/mol. The summed E-state index contributed by atoms with van der Waals surface area (Å²) in [6.07, 6.45) is 6.69. The molecule has 1 fully saturated rings. The van der Waals surface area contributed by atoms with E-state index in [1.165, 1.54) is 18.4 Å². The fourth-order valence-corrected chi connectivity index (χ4v) is 3.25. The van der Waals surface area contributed by atoms with Gasteiger partial charge in [-0.1, -0.05) is 48.8 Å². The van der Waals surface area contributed by atoms with Crippen LogP contribution in [0.5, 0.6) is 0 Å². The Bertz CT molecular complexity index is 567. The summed E-state index contributed by atoms with van der Waals surface area (Å²) in [4.78, 5) is 7.09. The Morgan fingerprint density at radius 1 is 1.18 bits per heavy atom. The molecule has 3 rings (SSSR count). The van der Waals surface area contributed by atoms with E-state index in [2.05, 4.69) is 52.3 Å². The maximum Gasteiger partial charge on any atom is 0.243 e. The zero-order chi connectivity index (χ0) is 15.2. The SMILES string of the molecule is CCN1CCCC[C@H]1c1nc(CCCc2ccccc2)no1. The summed E-state index contributed by atoms with van der Waals surface area (Å²) < 4.78 is 5.54. The zero-order valence-corrected chi connectivity index (χ0v) is 13.4. The molecular formula is C18H25N3O. The molecule has 0 aliphatic carbocycles. The highest BCUT2D eigenvalue weighted by Gasteiger charge is 2.27. The van der Waals surface area contributed by atoms with E-state index in [1.807, 2.05) is 0 Å². The van der Waals surface area contributed by atoms with Gasteiger partial charge in [-0.15, -0.1) is 0 Å². The number of likely N-dealkylation sites (tertiary alicyclic amines) is 1. The second-order valence-electron chi connectivity index (χ2n) is 6.03. The molecule has 0 amide bonds. The molecule has 4 heteroatoms. The largest absolute Gasteiger partial charge is 0.338 e. The van der Waals surface area contributed by atoms with E-state index < -0.39 is 0 Å². The van der Waals surface area contributed by atoms with Crippen LogP contribution >= 0.6 is 0 Å². The van der Waals surface area contributed by atoms with Crippen LogP contribution in [0.3, 0.4) is 0 Å². The monoisotopic (exact) mass is 299 g/mol. The Morgan fingerprint density at radius 2 is 2.05 bits per heavy atom. The minimum absolute atomic E-state index is 0.328. The summed E-state index contributed by atoms with van der Waals surface area (Å²) in [6.45, 7) is 4.40. The molecule has 1 aliphatic rings. The molecule has 1 saturated heterocycles. The number of benzene rings is 1. The Kier molecular flexibility index (Phi) is 5.22. The highest BCUT2D eigenvalue weighted by molar-refractivity contribution is 5.14. The standard InChI is InChI=1S/C18H25N3O/c1-2-21-14-7-6-12-16(21)18-19-17(20-22-18)13-8-11-15-9-4-3-5-10-15/h3-5,9-10,16H,2,6-8,11-14H2,1H3/t16-/m0/s1. The lowest BCUT2D eigenvalue weighted by Gasteiger charge is -2.32. The highest BCUT2D eigenvalue weighted by atomic mass is 16.5. The van der Waals surface area contributed by atoms with Crippen molar-refractivity contribution in [2.75, 3.05) is 13.1 Å².